The van der Waals surface area contributed by atoms with E-state index < -0.39 is 0 Å². The van der Waals surface area contributed by atoms with Gasteiger partial charge in [-0.25, -0.2) is 4.79 Å². The highest BCUT2D eigenvalue weighted by atomic mass is 16.1. The normalized spacial score (nSPS) is 10.8. The molecular formula is C9H8N2O. The summed E-state index contributed by atoms with van der Waals surface area (Å²) in [5, 5.41) is 0. The van der Waals surface area contributed by atoms with Crippen molar-refractivity contribution in [2.75, 3.05) is 0 Å². The molecule has 1 aromatic carbocycles. The van der Waals surface area contributed by atoms with E-state index in [-0.39, 0.29) is 5.69 Å². The molecule has 0 amide bonds. The summed E-state index contributed by atoms with van der Waals surface area (Å²) in [6.45, 7) is 0. The number of hydrogen-bond acceptors (Lipinski definition) is 1. The molecule has 3 heteroatoms. The van der Waals surface area contributed by atoms with Crippen LogP contribution in [0, 0.1) is 7.05 Å². The molecule has 2 rings (SSSR count). The van der Waals surface area contributed by atoms with Crippen molar-refractivity contribution in [1.82, 2.24) is 9.13 Å². The fourth-order valence-corrected chi connectivity index (χ4v) is 1.32. The van der Waals surface area contributed by atoms with Crippen LogP contribution >= 0.6 is 0 Å². The first-order chi connectivity index (χ1) is 5.72. The van der Waals surface area contributed by atoms with Crippen LogP contribution in [0.4, 0.5) is 0 Å². The first kappa shape index (κ1) is 7.16. The van der Waals surface area contributed by atoms with E-state index in [2.05, 4.69) is 0 Å². The molecule has 0 saturated carbocycles. The van der Waals surface area contributed by atoms with Gasteiger partial charge in [0.05, 0.1) is 18.1 Å². The van der Waals surface area contributed by atoms with Crippen LogP contribution in [0.15, 0.2) is 29.1 Å². The molecule has 0 aliphatic rings. The molecule has 0 saturated heterocycles. The Bertz CT molecular complexity index is 437. The SMILES string of the molecule is [CH]n1c(=O)n(C)c2ccccc21. The number of benzene rings is 1. The van der Waals surface area contributed by atoms with E-state index in [4.69, 9.17) is 7.05 Å². The number of fused-ring (bicyclic) bond motifs is 1. The van der Waals surface area contributed by atoms with Crippen LogP contribution in [-0.4, -0.2) is 9.13 Å². The summed E-state index contributed by atoms with van der Waals surface area (Å²) in [6, 6.07) is 7.41. The van der Waals surface area contributed by atoms with Gasteiger partial charge in [0.2, 0.25) is 0 Å². The molecule has 2 radical (unpaired) electrons. The summed E-state index contributed by atoms with van der Waals surface area (Å²) >= 11 is 0. The largest absolute Gasteiger partial charge is 0.329 e. The minimum Gasteiger partial charge on any atom is -0.295 e. The Balaban J connectivity index is 3.09. The van der Waals surface area contributed by atoms with Gasteiger partial charge in [0.25, 0.3) is 0 Å². The summed E-state index contributed by atoms with van der Waals surface area (Å²) in [4.78, 5) is 11.3. The molecule has 0 N–H and O–H groups in total. The molecule has 2 aromatic rings. The lowest BCUT2D eigenvalue weighted by Gasteiger charge is -1.90. The molecule has 0 aliphatic carbocycles. The lowest BCUT2D eigenvalue weighted by molar-refractivity contribution is 0.845. The van der Waals surface area contributed by atoms with Gasteiger partial charge < -0.3 is 0 Å². The van der Waals surface area contributed by atoms with Gasteiger partial charge in [-0.15, -0.1) is 0 Å². The zero-order valence-corrected chi connectivity index (χ0v) is 6.69. The van der Waals surface area contributed by atoms with E-state index in [9.17, 15) is 4.79 Å². The van der Waals surface area contributed by atoms with Crippen molar-refractivity contribution in [3.8, 4) is 0 Å². The molecule has 0 fully saturated rings. The van der Waals surface area contributed by atoms with Gasteiger partial charge in [-0.3, -0.25) is 9.13 Å². The topological polar surface area (TPSA) is 26.9 Å². The summed E-state index contributed by atoms with van der Waals surface area (Å²) in [5.74, 6) is 0. The maximum absolute atomic E-state index is 11.3. The van der Waals surface area contributed by atoms with Crippen LogP contribution in [0.2, 0.25) is 0 Å². The Morgan fingerprint density at radius 2 is 1.83 bits per heavy atom. The molecule has 60 valence electrons. The predicted octanol–water partition coefficient (Wildman–Crippen LogP) is 0.857. The van der Waals surface area contributed by atoms with Crippen LogP contribution < -0.4 is 5.69 Å². The molecule has 3 nitrogen and oxygen atoms in total. The number of imidazole rings is 1. The maximum atomic E-state index is 11.3. The molecule has 1 aromatic heterocycles. The highest BCUT2D eigenvalue weighted by Gasteiger charge is 2.04. The van der Waals surface area contributed by atoms with Crippen molar-refractivity contribution in [1.29, 1.82) is 0 Å². The number of nitrogens with zero attached hydrogens (tertiary/aromatic N) is 2. The van der Waals surface area contributed by atoms with Crippen molar-refractivity contribution in [3.63, 3.8) is 0 Å². The van der Waals surface area contributed by atoms with E-state index in [0.29, 0.717) is 0 Å². The predicted molar refractivity (Wildman–Crippen MR) is 46.9 cm³/mol. The number of aromatic nitrogens is 2. The van der Waals surface area contributed by atoms with Gasteiger partial charge in [0.1, 0.15) is 0 Å². The Morgan fingerprint density at radius 1 is 1.25 bits per heavy atom. The molecule has 0 unspecified atom stereocenters. The Kier molecular flexibility index (Phi) is 1.33. The first-order valence-electron chi connectivity index (χ1n) is 3.63. The van der Waals surface area contributed by atoms with Crippen LogP contribution in [-0.2, 0) is 7.05 Å². The molecule has 0 bridgehead atoms. The Morgan fingerprint density at radius 3 is 2.42 bits per heavy atom. The van der Waals surface area contributed by atoms with E-state index >= 15 is 0 Å². The molecular weight excluding hydrogens is 152 g/mol. The quantitative estimate of drug-likeness (QED) is 0.561. The lowest BCUT2D eigenvalue weighted by atomic mass is 10.3. The average Bonchev–Trinajstić information content (AvgIpc) is 2.33. The Hall–Kier alpha value is -1.51. The van der Waals surface area contributed by atoms with Gasteiger partial charge in [-0.2, -0.15) is 0 Å². The average molecular weight is 160 g/mol. The van der Waals surface area contributed by atoms with Crippen LogP contribution in [0.25, 0.3) is 11.0 Å². The third-order valence-electron chi connectivity index (χ3n) is 2.00. The van der Waals surface area contributed by atoms with Gasteiger partial charge in [-0.05, 0) is 12.1 Å². The minimum absolute atomic E-state index is 0.198. The zero-order valence-electron chi connectivity index (χ0n) is 6.69. The number of hydrogen-bond donors (Lipinski definition) is 0. The smallest absolute Gasteiger partial charge is 0.295 e. The number of aryl methyl sites for hydroxylation is 1. The fourth-order valence-electron chi connectivity index (χ4n) is 1.32. The second-order valence-electron chi connectivity index (χ2n) is 2.70. The molecule has 0 atom stereocenters. The van der Waals surface area contributed by atoms with E-state index in [0.717, 1.165) is 15.6 Å². The Labute approximate surface area is 69.9 Å². The highest BCUT2D eigenvalue weighted by Crippen LogP contribution is 2.09. The van der Waals surface area contributed by atoms with E-state index in [1.54, 1.807) is 7.05 Å². The van der Waals surface area contributed by atoms with Gasteiger partial charge >= 0.3 is 5.69 Å². The summed E-state index contributed by atoms with van der Waals surface area (Å²) in [6.07, 6.45) is 0. The second kappa shape index (κ2) is 2.24. The molecule has 12 heavy (non-hydrogen) atoms. The summed E-state index contributed by atoms with van der Waals surface area (Å²) in [5.41, 5.74) is 1.41. The van der Waals surface area contributed by atoms with Crippen molar-refractivity contribution in [2.24, 2.45) is 7.05 Å². The minimum atomic E-state index is -0.198. The van der Waals surface area contributed by atoms with E-state index in [1.807, 2.05) is 24.3 Å². The summed E-state index contributed by atoms with van der Waals surface area (Å²) in [7, 11) is 7.22. The standard InChI is InChI=1S/C9H8N2O/c1-10-7-5-3-4-6-8(7)11(2)9(10)12/h1,3-6H,2H3. The van der Waals surface area contributed by atoms with Crippen LogP contribution in [0.5, 0.6) is 0 Å². The molecule has 1 heterocycles. The number of rotatable bonds is 0. The molecule has 0 aliphatic heterocycles. The first-order valence-corrected chi connectivity index (χ1v) is 3.63. The lowest BCUT2D eigenvalue weighted by Crippen LogP contribution is -2.18. The van der Waals surface area contributed by atoms with Crippen LogP contribution in [0.1, 0.15) is 0 Å². The highest BCUT2D eigenvalue weighted by molar-refractivity contribution is 5.75. The van der Waals surface area contributed by atoms with E-state index in [1.165, 1.54) is 4.57 Å². The van der Waals surface area contributed by atoms with Gasteiger partial charge in [0, 0.05) is 7.05 Å². The zero-order chi connectivity index (χ0) is 8.72. The molecule has 0 spiro atoms. The van der Waals surface area contributed by atoms with Gasteiger partial charge in [0.15, 0.2) is 0 Å². The summed E-state index contributed by atoms with van der Waals surface area (Å²) < 4.78 is 2.67. The van der Waals surface area contributed by atoms with Crippen molar-refractivity contribution in [2.45, 2.75) is 0 Å². The van der Waals surface area contributed by atoms with Crippen molar-refractivity contribution in [3.05, 3.63) is 41.8 Å². The van der Waals surface area contributed by atoms with Crippen LogP contribution in [0.3, 0.4) is 0 Å². The second-order valence-corrected chi connectivity index (χ2v) is 2.70. The van der Waals surface area contributed by atoms with Gasteiger partial charge in [-0.1, -0.05) is 12.1 Å². The maximum Gasteiger partial charge on any atom is 0.329 e. The monoisotopic (exact) mass is 160 g/mol. The third-order valence-corrected chi connectivity index (χ3v) is 2.00. The van der Waals surface area contributed by atoms with Crippen molar-refractivity contribution < 1.29 is 0 Å². The third kappa shape index (κ3) is 0.733. The van der Waals surface area contributed by atoms with Crippen molar-refractivity contribution >= 4 is 11.0 Å². The number of para-hydroxylation sites is 2. The fraction of sp³-hybridized carbons (Fsp3) is 0.111.